The Kier molecular flexibility index (Phi) is 2.99. The molecule has 0 N–H and O–H groups in total. The summed E-state index contributed by atoms with van der Waals surface area (Å²) >= 11 is 7.75. The van der Waals surface area contributed by atoms with Crippen molar-refractivity contribution in [3.63, 3.8) is 0 Å². The monoisotopic (exact) mass is 292 g/mol. The first kappa shape index (κ1) is 12.5. The van der Waals surface area contributed by atoms with E-state index in [-0.39, 0.29) is 5.82 Å². The molecule has 19 heavy (non-hydrogen) atoms. The largest absolute Gasteiger partial charge is 0.227 e. The Morgan fingerprint density at radius 1 is 1.16 bits per heavy atom. The Hall–Kier alpha value is -1.52. The van der Waals surface area contributed by atoms with Gasteiger partial charge in [0, 0.05) is 16.3 Å². The van der Waals surface area contributed by atoms with Crippen LogP contribution in [0.2, 0.25) is 5.15 Å². The first-order chi connectivity index (χ1) is 9.04. The molecule has 0 atom stereocenters. The van der Waals surface area contributed by atoms with Gasteiger partial charge in [0.15, 0.2) is 5.82 Å². The Balaban J connectivity index is 2.25. The lowest BCUT2D eigenvalue weighted by Crippen LogP contribution is -1.91. The number of fused-ring (bicyclic) bond motifs is 1. The van der Waals surface area contributed by atoms with E-state index in [2.05, 4.69) is 9.97 Å². The van der Waals surface area contributed by atoms with Crippen LogP contribution in [-0.4, -0.2) is 9.97 Å². The van der Waals surface area contributed by atoms with Gasteiger partial charge in [-0.25, -0.2) is 14.4 Å². The Bertz CT molecular complexity index is 763. The molecule has 0 aliphatic carbocycles. The summed E-state index contributed by atoms with van der Waals surface area (Å²) in [6.45, 7) is 4.09. The van der Waals surface area contributed by atoms with E-state index < -0.39 is 0 Å². The van der Waals surface area contributed by atoms with Crippen molar-refractivity contribution in [2.24, 2.45) is 0 Å². The number of rotatable bonds is 1. The number of hydrogen-bond acceptors (Lipinski definition) is 3. The minimum atomic E-state index is -0.327. The van der Waals surface area contributed by atoms with Crippen LogP contribution >= 0.6 is 22.9 Å². The second-order valence-electron chi connectivity index (χ2n) is 4.35. The van der Waals surface area contributed by atoms with Crippen LogP contribution in [0.5, 0.6) is 0 Å². The van der Waals surface area contributed by atoms with Crippen molar-refractivity contribution in [1.29, 1.82) is 0 Å². The molecule has 0 unspecified atom stereocenters. The predicted molar refractivity (Wildman–Crippen MR) is 77.3 cm³/mol. The third-order valence-electron chi connectivity index (χ3n) is 3.00. The summed E-state index contributed by atoms with van der Waals surface area (Å²) in [6, 6.07) is 6.36. The highest BCUT2D eigenvalue weighted by Gasteiger charge is 2.11. The van der Waals surface area contributed by atoms with E-state index in [9.17, 15) is 4.39 Å². The fourth-order valence-corrected chi connectivity index (χ4v) is 3.07. The van der Waals surface area contributed by atoms with Gasteiger partial charge in [0.25, 0.3) is 0 Å². The zero-order valence-electron chi connectivity index (χ0n) is 10.4. The van der Waals surface area contributed by atoms with E-state index in [4.69, 9.17) is 11.6 Å². The van der Waals surface area contributed by atoms with E-state index >= 15 is 0 Å². The number of hydrogen-bond donors (Lipinski definition) is 0. The van der Waals surface area contributed by atoms with E-state index in [1.807, 2.05) is 19.9 Å². The molecule has 5 heteroatoms. The van der Waals surface area contributed by atoms with Gasteiger partial charge in [-0.15, -0.1) is 11.3 Å². The molecule has 0 fully saturated rings. The molecule has 2 nitrogen and oxygen atoms in total. The van der Waals surface area contributed by atoms with Gasteiger partial charge in [-0.05, 0) is 37.6 Å². The van der Waals surface area contributed by atoms with Gasteiger partial charge in [0.1, 0.15) is 11.0 Å². The van der Waals surface area contributed by atoms with Gasteiger partial charge < -0.3 is 0 Å². The summed E-state index contributed by atoms with van der Waals surface area (Å²) in [5.41, 5.74) is 1.72. The lowest BCUT2D eigenvalue weighted by atomic mass is 10.2. The minimum absolute atomic E-state index is 0.327. The molecular weight excluding hydrogens is 283 g/mol. The number of benzene rings is 1. The van der Waals surface area contributed by atoms with Crippen LogP contribution in [-0.2, 0) is 0 Å². The van der Waals surface area contributed by atoms with Gasteiger partial charge in [-0.2, -0.15) is 0 Å². The molecule has 3 aromatic rings. The maximum atomic E-state index is 13.3. The van der Waals surface area contributed by atoms with Crippen LogP contribution in [0.1, 0.15) is 10.4 Å². The standard InChI is InChI=1S/C14H10ClFN2S/c1-7-5-12(19-8(7)2)14-17-11-6-9(16)3-4-10(11)13(15)18-14/h3-6H,1-2H3. The number of thiophene rings is 1. The highest BCUT2D eigenvalue weighted by atomic mass is 35.5. The minimum Gasteiger partial charge on any atom is -0.227 e. The molecule has 0 radical (unpaired) electrons. The number of halogens is 2. The van der Waals surface area contributed by atoms with Crippen LogP contribution in [0, 0.1) is 19.7 Å². The maximum Gasteiger partial charge on any atom is 0.171 e. The van der Waals surface area contributed by atoms with Crippen molar-refractivity contribution < 1.29 is 4.39 Å². The molecule has 0 bridgehead atoms. The molecule has 0 saturated heterocycles. The van der Waals surface area contributed by atoms with Gasteiger partial charge >= 0.3 is 0 Å². The SMILES string of the molecule is Cc1cc(-c2nc(Cl)c3ccc(F)cc3n2)sc1C. The molecule has 2 heterocycles. The zero-order valence-corrected chi connectivity index (χ0v) is 11.9. The Labute approximate surface area is 118 Å². The third kappa shape index (κ3) is 2.22. The summed E-state index contributed by atoms with van der Waals surface area (Å²) in [5, 5.41) is 1.01. The Morgan fingerprint density at radius 2 is 1.95 bits per heavy atom. The molecule has 1 aromatic carbocycles. The van der Waals surface area contributed by atoms with Crippen molar-refractivity contribution in [2.75, 3.05) is 0 Å². The average molecular weight is 293 g/mol. The molecule has 2 aromatic heterocycles. The summed E-state index contributed by atoms with van der Waals surface area (Å²) in [6.07, 6.45) is 0. The molecule has 3 rings (SSSR count). The van der Waals surface area contributed by atoms with Gasteiger partial charge in [0.2, 0.25) is 0 Å². The topological polar surface area (TPSA) is 25.8 Å². The maximum absolute atomic E-state index is 13.3. The van der Waals surface area contributed by atoms with Crippen LogP contribution in [0.15, 0.2) is 24.3 Å². The van der Waals surface area contributed by atoms with E-state index in [1.165, 1.54) is 22.6 Å². The van der Waals surface area contributed by atoms with Crippen LogP contribution in [0.25, 0.3) is 21.6 Å². The molecule has 96 valence electrons. The number of nitrogens with zero attached hydrogens (tertiary/aromatic N) is 2. The van der Waals surface area contributed by atoms with Crippen LogP contribution in [0.3, 0.4) is 0 Å². The summed E-state index contributed by atoms with van der Waals surface area (Å²) in [5.74, 6) is 0.219. The van der Waals surface area contributed by atoms with E-state index in [1.54, 1.807) is 17.4 Å². The Morgan fingerprint density at radius 3 is 2.63 bits per heavy atom. The van der Waals surface area contributed by atoms with E-state index in [0.717, 1.165) is 4.88 Å². The zero-order chi connectivity index (χ0) is 13.6. The molecule has 0 spiro atoms. The van der Waals surface area contributed by atoms with Gasteiger partial charge in [0.05, 0.1) is 10.4 Å². The number of aryl methyl sites for hydroxylation is 2. The quantitative estimate of drug-likeness (QED) is 0.604. The van der Waals surface area contributed by atoms with Gasteiger partial charge in [-0.1, -0.05) is 11.6 Å². The summed E-state index contributed by atoms with van der Waals surface area (Å²) in [4.78, 5) is 10.9. The smallest absolute Gasteiger partial charge is 0.171 e. The van der Waals surface area contributed by atoms with Crippen molar-refractivity contribution in [3.8, 4) is 10.7 Å². The van der Waals surface area contributed by atoms with Crippen molar-refractivity contribution >= 4 is 33.8 Å². The van der Waals surface area contributed by atoms with Crippen LogP contribution in [0.4, 0.5) is 4.39 Å². The lowest BCUT2D eigenvalue weighted by Gasteiger charge is -2.02. The first-order valence-electron chi connectivity index (χ1n) is 5.75. The summed E-state index contributed by atoms with van der Waals surface area (Å²) in [7, 11) is 0. The first-order valence-corrected chi connectivity index (χ1v) is 6.94. The second kappa shape index (κ2) is 4.54. The second-order valence-corrected chi connectivity index (χ2v) is 5.96. The fourth-order valence-electron chi connectivity index (χ4n) is 1.86. The van der Waals surface area contributed by atoms with Crippen molar-refractivity contribution in [2.45, 2.75) is 13.8 Å². The lowest BCUT2D eigenvalue weighted by molar-refractivity contribution is 0.629. The third-order valence-corrected chi connectivity index (χ3v) is 4.44. The molecule has 0 saturated carbocycles. The summed E-state index contributed by atoms with van der Waals surface area (Å²) < 4.78 is 13.3. The highest BCUT2D eigenvalue weighted by molar-refractivity contribution is 7.15. The van der Waals surface area contributed by atoms with Crippen molar-refractivity contribution in [1.82, 2.24) is 9.97 Å². The van der Waals surface area contributed by atoms with E-state index in [0.29, 0.717) is 21.9 Å². The fraction of sp³-hybridized carbons (Fsp3) is 0.143. The van der Waals surface area contributed by atoms with Crippen molar-refractivity contribution in [3.05, 3.63) is 45.7 Å². The molecule has 0 aliphatic rings. The molecule has 0 aliphatic heterocycles. The average Bonchev–Trinajstić information content (AvgIpc) is 2.69. The molecule has 0 amide bonds. The van der Waals surface area contributed by atoms with Gasteiger partial charge in [-0.3, -0.25) is 0 Å². The highest BCUT2D eigenvalue weighted by Crippen LogP contribution is 2.31. The normalized spacial score (nSPS) is 11.2. The predicted octanol–water partition coefficient (Wildman–Crippen LogP) is 4.77. The van der Waals surface area contributed by atoms with Crippen LogP contribution < -0.4 is 0 Å². The molecular formula is C14H10ClFN2S. The number of aromatic nitrogens is 2.